The van der Waals surface area contributed by atoms with Crippen molar-refractivity contribution in [1.29, 1.82) is 0 Å². The van der Waals surface area contributed by atoms with Crippen molar-refractivity contribution in [3.8, 4) is 45.4 Å². The summed E-state index contributed by atoms with van der Waals surface area (Å²) in [6.45, 7) is 0. The molecule has 7 nitrogen and oxygen atoms in total. The first kappa shape index (κ1) is 27.3. The highest BCUT2D eigenvalue weighted by atomic mass is 16.3. The largest absolute Gasteiger partial charge is 0.456 e. The van der Waals surface area contributed by atoms with Crippen molar-refractivity contribution in [3.63, 3.8) is 0 Å². The molecule has 0 atom stereocenters. The fourth-order valence-electron chi connectivity index (χ4n) is 6.67. The van der Waals surface area contributed by atoms with Gasteiger partial charge in [0, 0.05) is 61.6 Å². The molecular formula is C42H24N6O. The first-order valence-corrected chi connectivity index (χ1v) is 16.0. The first-order valence-electron chi connectivity index (χ1n) is 16.0. The molecule has 0 saturated heterocycles. The molecule has 7 heteroatoms. The quantitative estimate of drug-likeness (QED) is 0.179. The Morgan fingerprint density at radius 1 is 0.388 bits per heavy atom. The van der Waals surface area contributed by atoms with E-state index >= 15 is 0 Å². The molecule has 0 aliphatic heterocycles. The Hall–Kier alpha value is -6.86. The Morgan fingerprint density at radius 2 is 1.00 bits per heavy atom. The fourth-order valence-corrected chi connectivity index (χ4v) is 6.67. The van der Waals surface area contributed by atoms with Crippen LogP contribution in [0.1, 0.15) is 0 Å². The summed E-state index contributed by atoms with van der Waals surface area (Å²) in [4.78, 5) is 29.6. The number of furan rings is 1. The third kappa shape index (κ3) is 4.52. The number of aromatic nitrogens is 6. The van der Waals surface area contributed by atoms with Crippen LogP contribution in [0.5, 0.6) is 0 Å². The monoisotopic (exact) mass is 628 g/mol. The minimum absolute atomic E-state index is 0.550. The van der Waals surface area contributed by atoms with E-state index in [1.807, 2.05) is 91.1 Å². The molecule has 10 aromatic rings. The zero-order chi connectivity index (χ0) is 32.3. The first-order chi connectivity index (χ1) is 24.3. The van der Waals surface area contributed by atoms with Gasteiger partial charge in [0.1, 0.15) is 11.2 Å². The standard InChI is InChI=1S/C42H24N6O/c1-2-13-34-30(10-1)36-31(11-4-14-35(36)49-34)41-46-40(47-42(48-41)32-12-3-7-26-8-5-23-43-37(26)32)29-19-15-25(16-20-29)33-22-21-28-18-17-27-9-6-24-44-38(27)39(28)45-33/h1-24H. The summed E-state index contributed by atoms with van der Waals surface area (Å²) >= 11 is 0. The molecule has 49 heavy (non-hydrogen) atoms. The summed E-state index contributed by atoms with van der Waals surface area (Å²) in [5.41, 5.74) is 8.64. The SMILES string of the molecule is c1cnc2c(-c3nc(-c4ccc(-c5ccc6ccc7cccnc7c6n5)cc4)nc(-c4cccc5oc6ccccc6c45)n3)cccc2c1. The zero-order valence-electron chi connectivity index (χ0n) is 25.9. The normalized spacial score (nSPS) is 11.7. The molecule has 5 heterocycles. The van der Waals surface area contributed by atoms with Gasteiger partial charge in [-0.15, -0.1) is 0 Å². The zero-order valence-corrected chi connectivity index (χ0v) is 25.9. The van der Waals surface area contributed by atoms with Crippen LogP contribution in [0.25, 0.3) is 100 Å². The van der Waals surface area contributed by atoms with E-state index in [-0.39, 0.29) is 0 Å². The summed E-state index contributed by atoms with van der Waals surface area (Å²) in [6, 6.07) is 44.7. The topological polar surface area (TPSA) is 90.5 Å². The van der Waals surface area contributed by atoms with Gasteiger partial charge in [0.05, 0.1) is 22.2 Å². The fraction of sp³-hybridized carbons (Fsp3) is 0. The highest BCUT2D eigenvalue weighted by Crippen LogP contribution is 2.37. The average molecular weight is 629 g/mol. The molecule has 0 spiro atoms. The molecule has 5 aromatic heterocycles. The maximum absolute atomic E-state index is 6.22. The highest BCUT2D eigenvalue weighted by molar-refractivity contribution is 6.12. The third-order valence-electron chi connectivity index (χ3n) is 9.02. The van der Waals surface area contributed by atoms with Crippen LogP contribution in [-0.2, 0) is 0 Å². The molecule has 0 unspecified atom stereocenters. The number of hydrogen-bond donors (Lipinski definition) is 0. The molecule has 5 aromatic carbocycles. The van der Waals surface area contributed by atoms with Gasteiger partial charge in [0.15, 0.2) is 17.5 Å². The summed E-state index contributed by atoms with van der Waals surface area (Å²) in [5, 5.41) is 5.12. The minimum Gasteiger partial charge on any atom is -0.456 e. The Balaban J connectivity index is 1.14. The van der Waals surface area contributed by atoms with E-state index in [1.165, 1.54) is 0 Å². The predicted octanol–water partition coefficient (Wildman–Crippen LogP) is 10.1. The second-order valence-electron chi connectivity index (χ2n) is 12.0. The highest BCUT2D eigenvalue weighted by Gasteiger charge is 2.19. The Labute approximate surface area is 279 Å². The maximum Gasteiger partial charge on any atom is 0.166 e. The Morgan fingerprint density at radius 3 is 1.86 bits per heavy atom. The van der Waals surface area contributed by atoms with Crippen molar-refractivity contribution in [2.75, 3.05) is 0 Å². The van der Waals surface area contributed by atoms with Crippen molar-refractivity contribution in [1.82, 2.24) is 29.9 Å². The summed E-state index contributed by atoms with van der Waals surface area (Å²) < 4.78 is 6.22. The summed E-state index contributed by atoms with van der Waals surface area (Å²) in [6.07, 6.45) is 3.61. The van der Waals surface area contributed by atoms with Gasteiger partial charge in [-0.1, -0.05) is 97.1 Å². The molecule has 0 N–H and O–H groups in total. The van der Waals surface area contributed by atoms with Gasteiger partial charge in [0.25, 0.3) is 0 Å². The van der Waals surface area contributed by atoms with Crippen molar-refractivity contribution in [2.45, 2.75) is 0 Å². The molecule has 10 rings (SSSR count). The lowest BCUT2D eigenvalue weighted by Crippen LogP contribution is -2.01. The van der Waals surface area contributed by atoms with E-state index in [0.717, 1.165) is 82.6 Å². The number of benzene rings is 5. The van der Waals surface area contributed by atoms with Gasteiger partial charge in [0.2, 0.25) is 0 Å². The van der Waals surface area contributed by atoms with Gasteiger partial charge in [-0.25, -0.2) is 19.9 Å². The maximum atomic E-state index is 6.22. The Bertz CT molecular complexity index is 2890. The van der Waals surface area contributed by atoms with Gasteiger partial charge in [-0.2, -0.15) is 0 Å². The van der Waals surface area contributed by atoms with E-state index in [1.54, 1.807) is 6.20 Å². The van der Waals surface area contributed by atoms with E-state index in [2.05, 4.69) is 53.5 Å². The number of fused-ring (bicyclic) bond motifs is 7. The van der Waals surface area contributed by atoms with Gasteiger partial charge >= 0.3 is 0 Å². The molecule has 0 saturated carbocycles. The van der Waals surface area contributed by atoms with E-state index < -0.39 is 0 Å². The number of para-hydroxylation sites is 2. The number of nitrogens with zero attached hydrogens (tertiary/aromatic N) is 6. The second kappa shape index (κ2) is 10.9. The van der Waals surface area contributed by atoms with Crippen LogP contribution in [0.3, 0.4) is 0 Å². The lowest BCUT2D eigenvalue weighted by molar-refractivity contribution is 0.669. The molecule has 0 aliphatic carbocycles. The lowest BCUT2D eigenvalue weighted by atomic mass is 10.0. The second-order valence-corrected chi connectivity index (χ2v) is 12.0. The predicted molar refractivity (Wildman–Crippen MR) is 195 cm³/mol. The van der Waals surface area contributed by atoms with Crippen LogP contribution in [0.4, 0.5) is 0 Å². The molecule has 0 amide bonds. The van der Waals surface area contributed by atoms with Crippen LogP contribution in [0.15, 0.2) is 150 Å². The van der Waals surface area contributed by atoms with Crippen molar-refractivity contribution < 1.29 is 4.42 Å². The minimum atomic E-state index is 0.550. The van der Waals surface area contributed by atoms with E-state index in [0.29, 0.717) is 17.5 Å². The van der Waals surface area contributed by atoms with Gasteiger partial charge in [-0.05, 0) is 36.4 Å². The average Bonchev–Trinajstić information content (AvgIpc) is 3.56. The lowest BCUT2D eigenvalue weighted by Gasteiger charge is -2.11. The Kier molecular flexibility index (Phi) is 6.04. The molecule has 0 radical (unpaired) electrons. The van der Waals surface area contributed by atoms with Crippen molar-refractivity contribution >= 4 is 54.6 Å². The van der Waals surface area contributed by atoms with Crippen molar-refractivity contribution in [2.24, 2.45) is 0 Å². The van der Waals surface area contributed by atoms with Crippen LogP contribution in [0.2, 0.25) is 0 Å². The molecule has 0 bridgehead atoms. The van der Waals surface area contributed by atoms with Gasteiger partial charge < -0.3 is 4.42 Å². The molecular weight excluding hydrogens is 605 g/mol. The smallest absolute Gasteiger partial charge is 0.166 e. The van der Waals surface area contributed by atoms with Crippen molar-refractivity contribution in [3.05, 3.63) is 146 Å². The van der Waals surface area contributed by atoms with Crippen LogP contribution < -0.4 is 0 Å². The number of rotatable bonds is 4. The summed E-state index contributed by atoms with van der Waals surface area (Å²) in [7, 11) is 0. The molecule has 228 valence electrons. The number of hydrogen-bond acceptors (Lipinski definition) is 7. The number of pyridine rings is 3. The van der Waals surface area contributed by atoms with E-state index in [4.69, 9.17) is 29.3 Å². The van der Waals surface area contributed by atoms with E-state index in [9.17, 15) is 0 Å². The van der Waals surface area contributed by atoms with Gasteiger partial charge in [-0.3, -0.25) is 9.97 Å². The molecule has 0 fully saturated rings. The third-order valence-corrected chi connectivity index (χ3v) is 9.02. The van der Waals surface area contributed by atoms with Crippen LogP contribution in [-0.4, -0.2) is 29.9 Å². The summed E-state index contributed by atoms with van der Waals surface area (Å²) in [5.74, 6) is 1.67. The molecule has 0 aliphatic rings. The van der Waals surface area contributed by atoms with Crippen LogP contribution in [0, 0.1) is 0 Å². The van der Waals surface area contributed by atoms with Crippen LogP contribution >= 0.6 is 0 Å².